The zero-order chi connectivity index (χ0) is 11.5. The van der Waals surface area contributed by atoms with Gasteiger partial charge in [-0.15, -0.1) is 0 Å². The molecular weight excluding hydrogens is 230 g/mol. The van der Waals surface area contributed by atoms with Gasteiger partial charge in [0, 0.05) is 19.2 Å². The number of rotatable bonds is 2. The number of carbonyl (C=O) groups excluding carboxylic acids is 2. The molecule has 6 heteroatoms. The van der Waals surface area contributed by atoms with Crippen LogP contribution in [-0.2, 0) is 9.59 Å². The van der Waals surface area contributed by atoms with E-state index in [9.17, 15) is 9.59 Å². The maximum absolute atomic E-state index is 11.7. The Labute approximate surface area is 97.2 Å². The summed E-state index contributed by atoms with van der Waals surface area (Å²) in [5.41, 5.74) is 0.466. The lowest BCUT2D eigenvalue weighted by Gasteiger charge is -2.09. The minimum atomic E-state index is -0.330. The number of pyridine rings is 1. The third-order valence-electron chi connectivity index (χ3n) is 2.37. The fourth-order valence-corrected chi connectivity index (χ4v) is 1.65. The van der Waals surface area contributed by atoms with E-state index in [1.807, 2.05) is 0 Å². The van der Waals surface area contributed by atoms with E-state index in [4.69, 9.17) is 11.6 Å². The Balaban J connectivity index is 2.03. The lowest BCUT2D eigenvalue weighted by atomic mass is 10.1. The predicted octanol–water partition coefficient (Wildman–Crippen LogP) is 0.810. The Hall–Kier alpha value is -1.62. The van der Waals surface area contributed by atoms with E-state index in [-0.39, 0.29) is 24.2 Å². The SMILES string of the molecule is O=C1CC(C(=O)Nc2cnccc2Cl)CN1. The van der Waals surface area contributed by atoms with Crippen LogP contribution in [0.15, 0.2) is 18.5 Å². The molecule has 1 saturated heterocycles. The van der Waals surface area contributed by atoms with Crippen LogP contribution in [0.5, 0.6) is 0 Å². The van der Waals surface area contributed by atoms with Crippen LogP contribution in [0.3, 0.4) is 0 Å². The quantitative estimate of drug-likeness (QED) is 0.802. The molecule has 1 aromatic heterocycles. The summed E-state index contributed by atoms with van der Waals surface area (Å²) in [5.74, 6) is -0.644. The Morgan fingerprint density at radius 3 is 3.06 bits per heavy atom. The van der Waals surface area contributed by atoms with Gasteiger partial charge in [0.05, 0.1) is 22.8 Å². The van der Waals surface area contributed by atoms with Crippen LogP contribution in [0, 0.1) is 5.92 Å². The minimum absolute atomic E-state index is 0.0996. The molecule has 84 valence electrons. The smallest absolute Gasteiger partial charge is 0.229 e. The first-order valence-electron chi connectivity index (χ1n) is 4.84. The second kappa shape index (κ2) is 4.49. The maximum atomic E-state index is 11.7. The van der Waals surface area contributed by atoms with Crippen molar-refractivity contribution in [3.05, 3.63) is 23.5 Å². The van der Waals surface area contributed by atoms with Gasteiger partial charge in [-0.1, -0.05) is 11.6 Å². The van der Waals surface area contributed by atoms with E-state index in [1.165, 1.54) is 6.20 Å². The lowest BCUT2D eigenvalue weighted by Crippen LogP contribution is -2.24. The highest BCUT2D eigenvalue weighted by Gasteiger charge is 2.28. The summed E-state index contributed by atoms with van der Waals surface area (Å²) in [6.45, 7) is 0.378. The van der Waals surface area contributed by atoms with Crippen molar-refractivity contribution < 1.29 is 9.59 Å². The molecule has 0 bridgehead atoms. The third-order valence-corrected chi connectivity index (χ3v) is 2.70. The van der Waals surface area contributed by atoms with Gasteiger partial charge in [0.2, 0.25) is 11.8 Å². The summed E-state index contributed by atoms with van der Waals surface area (Å²) in [6.07, 6.45) is 3.24. The van der Waals surface area contributed by atoms with Gasteiger partial charge in [0.25, 0.3) is 0 Å². The zero-order valence-electron chi connectivity index (χ0n) is 8.37. The molecule has 1 aromatic rings. The van der Waals surface area contributed by atoms with Crippen molar-refractivity contribution in [1.82, 2.24) is 10.3 Å². The molecule has 2 amide bonds. The molecule has 5 nitrogen and oxygen atoms in total. The number of hydrogen-bond acceptors (Lipinski definition) is 3. The molecular formula is C10H10ClN3O2. The van der Waals surface area contributed by atoms with E-state index in [0.29, 0.717) is 17.3 Å². The first kappa shape index (κ1) is 10.9. The molecule has 2 rings (SSSR count). The Morgan fingerprint density at radius 2 is 2.44 bits per heavy atom. The zero-order valence-corrected chi connectivity index (χ0v) is 9.12. The van der Waals surface area contributed by atoms with Gasteiger partial charge in [-0.2, -0.15) is 0 Å². The highest BCUT2D eigenvalue weighted by molar-refractivity contribution is 6.33. The molecule has 0 radical (unpaired) electrons. The number of nitrogens with zero attached hydrogens (tertiary/aromatic N) is 1. The Bertz CT molecular complexity index is 436. The van der Waals surface area contributed by atoms with Crippen LogP contribution in [0.1, 0.15) is 6.42 Å². The number of aromatic nitrogens is 1. The fraction of sp³-hybridized carbons (Fsp3) is 0.300. The second-order valence-electron chi connectivity index (χ2n) is 3.55. The van der Waals surface area contributed by atoms with Crippen LogP contribution in [0.4, 0.5) is 5.69 Å². The van der Waals surface area contributed by atoms with Crippen LogP contribution in [-0.4, -0.2) is 23.3 Å². The molecule has 0 saturated carbocycles. The summed E-state index contributed by atoms with van der Waals surface area (Å²) < 4.78 is 0. The van der Waals surface area contributed by atoms with Crippen molar-refractivity contribution in [2.45, 2.75) is 6.42 Å². The van der Waals surface area contributed by atoms with Crippen molar-refractivity contribution in [3.63, 3.8) is 0 Å². The summed E-state index contributed by atoms with van der Waals surface area (Å²) in [7, 11) is 0. The van der Waals surface area contributed by atoms with Crippen molar-refractivity contribution >= 4 is 29.1 Å². The molecule has 1 unspecified atom stereocenters. The molecule has 1 aliphatic heterocycles. The van der Waals surface area contributed by atoms with Gasteiger partial charge in [0.15, 0.2) is 0 Å². The monoisotopic (exact) mass is 239 g/mol. The van der Waals surface area contributed by atoms with Gasteiger partial charge in [-0.05, 0) is 6.07 Å². The summed E-state index contributed by atoms with van der Waals surface area (Å²) >= 11 is 5.87. The molecule has 0 aliphatic carbocycles. The van der Waals surface area contributed by atoms with Crippen LogP contribution in [0.2, 0.25) is 5.02 Å². The number of nitrogens with one attached hydrogen (secondary N) is 2. The van der Waals surface area contributed by atoms with E-state index < -0.39 is 0 Å². The third kappa shape index (κ3) is 2.30. The average Bonchev–Trinajstić information content (AvgIpc) is 2.68. The average molecular weight is 240 g/mol. The highest BCUT2D eigenvalue weighted by atomic mass is 35.5. The van der Waals surface area contributed by atoms with Crippen molar-refractivity contribution in [2.24, 2.45) is 5.92 Å². The predicted molar refractivity (Wildman–Crippen MR) is 59.0 cm³/mol. The van der Waals surface area contributed by atoms with E-state index >= 15 is 0 Å². The van der Waals surface area contributed by atoms with Crippen molar-refractivity contribution in [1.29, 1.82) is 0 Å². The van der Waals surface area contributed by atoms with Gasteiger partial charge in [0.1, 0.15) is 0 Å². The number of amides is 2. The van der Waals surface area contributed by atoms with Gasteiger partial charge in [-0.25, -0.2) is 0 Å². The number of hydrogen-bond donors (Lipinski definition) is 2. The molecule has 1 aliphatic rings. The normalized spacial score (nSPS) is 19.3. The lowest BCUT2D eigenvalue weighted by molar-refractivity contribution is -0.123. The van der Waals surface area contributed by atoms with Crippen molar-refractivity contribution in [2.75, 3.05) is 11.9 Å². The maximum Gasteiger partial charge on any atom is 0.229 e. The van der Waals surface area contributed by atoms with E-state index in [1.54, 1.807) is 12.3 Å². The number of carbonyl (C=O) groups is 2. The van der Waals surface area contributed by atoms with Crippen LogP contribution in [0.25, 0.3) is 0 Å². The Kier molecular flexibility index (Phi) is 3.05. The fourth-order valence-electron chi connectivity index (χ4n) is 1.49. The first-order chi connectivity index (χ1) is 7.66. The first-order valence-corrected chi connectivity index (χ1v) is 5.21. The van der Waals surface area contributed by atoms with Gasteiger partial charge in [-0.3, -0.25) is 14.6 Å². The van der Waals surface area contributed by atoms with Crippen LogP contribution < -0.4 is 10.6 Å². The molecule has 1 fully saturated rings. The minimum Gasteiger partial charge on any atom is -0.355 e. The molecule has 16 heavy (non-hydrogen) atoms. The number of halogens is 1. The molecule has 2 N–H and O–H groups in total. The summed E-state index contributed by atoms with van der Waals surface area (Å²) in [6, 6.07) is 1.59. The van der Waals surface area contributed by atoms with Crippen molar-refractivity contribution in [3.8, 4) is 0 Å². The highest BCUT2D eigenvalue weighted by Crippen LogP contribution is 2.20. The standard InChI is InChI=1S/C10H10ClN3O2/c11-7-1-2-12-5-8(7)14-10(16)6-3-9(15)13-4-6/h1-2,5-6H,3-4H2,(H,13,15)(H,14,16). The molecule has 0 spiro atoms. The topological polar surface area (TPSA) is 71.1 Å². The molecule has 0 aromatic carbocycles. The molecule has 1 atom stereocenters. The largest absolute Gasteiger partial charge is 0.355 e. The summed E-state index contributed by atoms with van der Waals surface area (Å²) in [4.78, 5) is 26.5. The number of anilines is 1. The van der Waals surface area contributed by atoms with Crippen LogP contribution >= 0.6 is 11.6 Å². The van der Waals surface area contributed by atoms with E-state index in [0.717, 1.165) is 0 Å². The van der Waals surface area contributed by atoms with Gasteiger partial charge >= 0.3 is 0 Å². The second-order valence-corrected chi connectivity index (χ2v) is 3.96. The van der Waals surface area contributed by atoms with Gasteiger partial charge < -0.3 is 10.6 Å². The Morgan fingerprint density at radius 1 is 1.62 bits per heavy atom. The molecule has 2 heterocycles. The summed E-state index contributed by atoms with van der Waals surface area (Å²) in [5, 5.41) is 5.68. The van der Waals surface area contributed by atoms with E-state index in [2.05, 4.69) is 15.6 Å².